The molecule has 35 heavy (non-hydrogen) atoms. The first-order valence-corrected chi connectivity index (χ1v) is 11.9. The minimum Gasteiger partial charge on any atom is -0.496 e. The standard InChI is InChI=1S/C26H24Cl2N2O4S/c1-4-34-25(32)17-11-13-18(14-12-17)30(15-20-21(27)9-6-10-22(20)28)26(35)29-24(31)19-8-5-7-16(2)23(19)33-3/h5-14H,4,15H2,1-3H3,(H,29,31,35). The number of ether oxygens (including phenoxy) is 2. The zero-order valence-corrected chi connectivity index (χ0v) is 21.8. The average molecular weight is 531 g/mol. The van der Waals surface area contributed by atoms with Gasteiger partial charge >= 0.3 is 5.97 Å². The number of anilines is 1. The van der Waals surface area contributed by atoms with Crippen molar-refractivity contribution < 1.29 is 19.1 Å². The number of methoxy groups -OCH3 is 1. The summed E-state index contributed by atoms with van der Waals surface area (Å²) in [6.07, 6.45) is 0. The van der Waals surface area contributed by atoms with Crippen LogP contribution in [-0.4, -0.2) is 30.7 Å². The normalized spacial score (nSPS) is 10.4. The van der Waals surface area contributed by atoms with Crippen molar-refractivity contribution in [2.75, 3.05) is 18.6 Å². The van der Waals surface area contributed by atoms with E-state index >= 15 is 0 Å². The van der Waals surface area contributed by atoms with Gasteiger partial charge in [0.15, 0.2) is 5.11 Å². The molecule has 0 atom stereocenters. The molecule has 3 aromatic rings. The molecule has 182 valence electrons. The van der Waals surface area contributed by atoms with Crippen LogP contribution in [-0.2, 0) is 11.3 Å². The molecule has 0 spiro atoms. The number of nitrogens with zero attached hydrogens (tertiary/aromatic N) is 1. The Bertz CT molecular complexity index is 1230. The van der Waals surface area contributed by atoms with E-state index in [-0.39, 0.29) is 18.3 Å². The fourth-order valence-corrected chi connectivity index (χ4v) is 4.23. The summed E-state index contributed by atoms with van der Waals surface area (Å²) in [5.41, 5.74) is 2.82. The van der Waals surface area contributed by atoms with Crippen LogP contribution >= 0.6 is 35.4 Å². The van der Waals surface area contributed by atoms with E-state index < -0.39 is 11.9 Å². The van der Waals surface area contributed by atoms with E-state index in [0.717, 1.165) is 5.56 Å². The summed E-state index contributed by atoms with van der Waals surface area (Å²) in [5.74, 6) is -0.386. The monoisotopic (exact) mass is 530 g/mol. The van der Waals surface area contributed by atoms with Gasteiger partial charge in [-0.1, -0.05) is 41.4 Å². The summed E-state index contributed by atoms with van der Waals surface area (Å²) in [6, 6.07) is 17.2. The molecule has 0 unspecified atom stereocenters. The highest BCUT2D eigenvalue weighted by Gasteiger charge is 2.21. The van der Waals surface area contributed by atoms with Gasteiger partial charge in [-0.2, -0.15) is 0 Å². The van der Waals surface area contributed by atoms with E-state index in [0.29, 0.717) is 38.2 Å². The Morgan fingerprint density at radius 2 is 1.63 bits per heavy atom. The number of nitrogens with one attached hydrogen (secondary N) is 1. The van der Waals surface area contributed by atoms with E-state index in [2.05, 4.69) is 5.32 Å². The Kier molecular flexibility index (Phi) is 9.09. The number of halogens is 2. The molecule has 0 saturated carbocycles. The second-order valence-corrected chi connectivity index (χ2v) is 8.67. The average Bonchev–Trinajstić information content (AvgIpc) is 2.84. The zero-order chi connectivity index (χ0) is 25.5. The summed E-state index contributed by atoms with van der Waals surface area (Å²) in [6.45, 7) is 4.05. The van der Waals surface area contributed by atoms with Crippen LogP contribution in [0.5, 0.6) is 5.75 Å². The third-order valence-electron chi connectivity index (χ3n) is 5.19. The first-order valence-electron chi connectivity index (χ1n) is 10.7. The molecule has 0 radical (unpaired) electrons. The number of amides is 1. The molecule has 0 aromatic heterocycles. The predicted molar refractivity (Wildman–Crippen MR) is 143 cm³/mol. The fourth-order valence-electron chi connectivity index (χ4n) is 3.45. The Labute approximate surface area is 219 Å². The van der Waals surface area contributed by atoms with Crippen molar-refractivity contribution in [1.29, 1.82) is 0 Å². The number of aryl methyl sites for hydroxylation is 1. The Morgan fingerprint density at radius 3 is 2.23 bits per heavy atom. The molecule has 3 aromatic carbocycles. The smallest absolute Gasteiger partial charge is 0.338 e. The first kappa shape index (κ1) is 26.5. The molecule has 0 bridgehead atoms. The van der Waals surface area contributed by atoms with Gasteiger partial charge in [0, 0.05) is 21.3 Å². The van der Waals surface area contributed by atoms with Crippen molar-refractivity contribution >= 4 is 58.1 Å². The third kappa shape index (κ3) is 6.31. The molecule has 0 aliphatic heterocycles. The number of esters is 1. The lowest BCUT2D eigenvalue weighted by Crippen LogP contribution is -2.42. The summed E-state index contributed by atoms with van der Waals surface area (Å²) in [4.78, 5) is 26.8. The maximum atomic E-state index is 13.1. The topological polar surface area (TPSA) is 67.9 Å². The van der Waals surface area contributed by atoms with E-state index in [4.69, 9.17) is 44.9 Å². The molecule has 3 rings (SSSR count). The highest BCUT2D eigenvalue weighted by Crippen LogP contribution is 2.29. The number of hydrogen-bond donors (Lipinski definition) is 1. The van der Waals surface area contributed by atoms with Crippen molar-refractivity contribution in [3.63, 3.8) is 0 Å². The highest BCUT2D eigenvalue weighted by molar-refractivity contribution is 7.80. The van der Waals surface area contributed by atoms with Gasteiger partial charge in [0.25, 0.3) is 5.91 Å². The van der Waals surface area contributed by atoms with Gasteiger partial charge in [-0.05, 0) is 74.1 Å². The molecule has 0 saturated heterocycles. The van der Waals surface area contributed by atoms with Crippen LogP contribution in [0, 0.1) is 6.92 Å². The van der Waals surface area contributed by atoms with Crippen molar-refractivity contribution in [1.82, 2.24) is 5.32 Å². The second-order valence-electron chi connectivity index (χ2n) is 7.47. The molecule has 0 heterocycles. The fraction of sp³-hybridized carbons (Fsp3) is 0.192. The number of thiocarbonyl (C=S) groups is 1. The largest absolute Gasteiger partial charge is 0.496 e. The molecule has 1 N–H and O–H groups in total. The molecule has 0 fully saturated rings. The van der Waals surface area contributed by atoms with Gasteiger partial charge in [0.1, 0.15) is 5.75 Å². The molecule has 6 nitrogen and oxygen atoms in total. The molecular weight excluding hydrogens is 507 g/mol. The molecular formula is C26H24Cl2N2O4S. The lowest BCUT2D eigenvalue weighted by molar-refractivity contribution is 0.0526. The highest BCUT2D eigenvalue weighted by atomic mass is 35.5. The number of carbonyl (C=O) groups excluding carboxylic acids is 2. The predicted octanol–water partition coefficient (Wildman–Crippen LogP) is 6.21. The number of carbonyl (C=O) groups is 2. The third-order valence-corrected chi connectivity index (χ3v) is 6.22. The second kappa shape index (κ2) is 12.0. The van der Waals surface area contributed by atoms with Gasteiger partial charge in [-0.25, -0.2) is 4.79 Å². The van der Waals surface area contributed by atoms with Crippen LogP contribution in [0.2, 0.25) is 10.0 Å². The van der Waals surface area contributed by atoms with Gasteiger partial charge in [0.2, 0.25) is 0 Å². The molecule has 1 amide bonds. The quantitative estimate of drug-likeness (QED) is 0.289. The summed E-state index contributed by atoms with van der Waals surface area (Å²) < 4.78 is 10.5. The van der Waals surface area contributed by atoms with E-state index in [9.17, 15) is 9.59 Å². The number of benzene rings is 3. The zero-order valence-electron chi connectivity index (χ0n) is 19.4. The Morgan fingerprint density at radius 1 is 1.00 bits per heavy atom. The maximum absolute atomic E-state index is 13.1. The maximum Gasteiger partial charge on any atom is 0.338 e. The van der Waals surface area contributed by atoms with Crippen LogP contribution in [0.15, 0.2) is 60.7 Å². The van der Waals surface area contributed by atoms with Crippen LogP contribution in [0.4, 0.5) is 5.69 Å². The molecule has 0 aliphatic carbocycles. The molecule has 0 aliphatic rings. The van der Waals surface area contributed by atoms with Crippen molar-refractivity contribution in [2.45, 2.75) is 20.4 Å². The Hall–Kier alpha value is -3.13. The Balaban J connectivity index is 1.95. The van der Waals surface area contributed by atoms with E-state index in [1.807, 2.05) is 13.0 Å². The molecule has 9 heteroatoms. The lowest BCUT2D eigenvalue weighted by atomic mass is 10.1. The van der Waals surface area contributed by atoms with Crippen LogP contribution < -0.4 is 15.0 Å². The van der Waals surface area contributed by atoms with Gasteiger partial charge in [-0.3, -0.25) is 10.1 Å². The van der Waals surface area contributed by atoms with E-state index in [1.54, 1.807) is 66.4 Å². The minimum atomic E-state index is -0.429. The van der Waals surface area contributed by atoms with Crippen molar-refractivity contribution in [3.05, 3.63) is 93.0 Å². The van der Waals surface area contributed by atoms with Crippen LogP contribution in [0.1, 0.15) is 38.8 Å². The summed E-state index contributed by atoms with van der Waals surface area (Å²) in [7, 11) is 1.51. The lowest BCUT2D eigenvalue weighted by Gasteiger charge is -2.27. The van der Waals surface area contributed by atoms with Crippen LogP contribution in [0.25, 0.3) is 0 Å². The number of rotatable bonds is 7. The van der Waals surface area contributed by atoms with Crippen LogP contribution in [0.3, 0.4) is 0 Å². The van der Waals surface area contributed by atoms with Crippen molar-refractivity contribution in [3.8, 4) is 5.75 Å². The number of para-hydroxylation sites is 1. The summed E-state index contributed by atoms with van der Waals surface area (Å²) in [5, 5.41) is 3.81. The van der Waals surface area contributed by atoms with Crippen molar-refractivity contribution in [2.24, 2.45) is 0 Å². The minimum absolute atomic E-state index is 0.124. The van der Waals surface area contributed by atoms with Gasteiger partial charge in [-0.15, -0.1) is 0 Å². The van der Waals surface area contributed by atoms with Gasteiger partial charge in [0.05, 0.1) is 31.4 Å². The summed E-state index contributed by atoms with van der Waals surface area (Å²) >= 11 is 18.4. The SMILES string of the molecule is CCOC(=O)c1ccc(N(Cc2c(Cl)cccc2Cl)C(=S)NC(=O)c2cccc(C)c2OC)cc1. The number of hydrogen-bond acceptors (Lipinski definition) is 5. The van der Waals surface area contributed by atoms with E-state index in [1.165, 1.54) is 7.11 Å². The van der Waals surface area contributed by atoms with Gasteiger partial charge < -0.3 is 14.4 Å². The first-order chi connectivity index (χ1) is 16.8.